The number of methoxy groups -OCH3 is 1. The summed E-state index contributed by atoms with van der Waals surface area (Å²) in [6.45, 7) is 2.67. The summed E-state index contributed by atoms with van der Waals surface area (Å²) in [6, 6.07) is 8.09. The molecule has 1 aromatic carbocycles. The van der Waals surface area contributed by atoms with Gasteiger partial charge in [-0.2, -0.15) is 23.3 Å². The Kier molecular flexibility index (Phi) is 9.40. The summed E-state index contributed by atoms with van der Waals surface area (Å²) in [4.78, 5) is 25.3. The van der Waals surface area contributed by atoms with Gasteiger partial charge >= 0.3 is 6.18 Å². The molecule has 16 heteroatoms. The van der Waals surface area contributed by atoms with Crippen LogP contribution in [0, 0.1) is 0 Å². The molecule has 3 N–H and O–H groups in total. The van der Waals surface area contributed by atoms with Crippen LogP contribution < -0.4 is 20.7 Å². The molecule has 0 aliphatic carbocycles. The SMILES string of the molecule is CCC[P@@]1(=O)Cc2ccc(c(OC)c2)Nc2ncc(C(F)(F)F)c(n2)Nc2ccc(nc2C(=O)NC)-c2cnn(c2)CCCO1. The zero-order chi connectivity index (χ0) is 32.2. The Balaban J connectivity index is 1.62. The van der Waals surface area contributed by atoms with Gasteiger partial charge in [0.1, 0.15) is 17.1 Å². The van der Waals surface area contributed by atoms with E-state index < -0.39 is 30.8 Å². The first-order valence-corrected chi connectivity index (χ1v) is 16.1. The van der Waals surface area contributed by atoms with Crippen molar-refractivity contribution >= 4 is 36.4 Å². The molecular formula is C29H32F3N8O4P. The van der Waals surface area contributed by atoms with Crippen molar-refractivity contribution < 1.29 is 31.8 Å². The minimum atomic E-state index is -4.81. The van der Waals surface area contributed by atoms with Crippen molar-refractivity contribution in [3.8, 4) is 17.0 Å². The second-order valence-electron chi connectivity index (χ2n) is 10.3. The average Bonchev–Trinajstić information content (AvgIpc) is 3.48. The van der Waals surface area contributed by atoms with Crippen molar-refractivity contribution in [3.05, 3.63) is 65.7 Å². The molecule has 3 aromatic heterocycles. The molecule has 45 heavy (non-hydrogen) atoms. The molecule has 8 bridgehead atoms. The third kappa shape index (κ3) is 7.43. The highest BCUT2D eigenvalue weighted by atomic mass is 31.2. The molecule has 0 spiro atoms. The predicted octanol–water partition coefficient (Wildman–Crippen LogP) is 6.22. The van der Waals surface area contributed by atoms with Gasteiger partial charge in [0.15, 0.2) is 5.69 Å². The molecule has 0 saturated heterocycles. The normalized spacial score (nSPS) is 17.0. The van der Waals surface area contributed by atoms with Gasteiger partial charge in [-0.05, 0) is 42.7 Å². The summed E-state index contributed by atoms with van der Waals surface area (Å²) in [5.74, 6) is -1.05. The fourth-order valence-corrected chi connectivity index (χ4v) is 7.10. The van der Waals surface area contributed by atoms with E-state index in [1.807, 2.05) is 6.92 Å². The van der Waals surface area contributed by atoms with Crippen LogP contribution in [-0.4, -0.2) is 57.6 Å². The maximum atomic E-state index is 14.0. The van der Waals surface area contributed by atoms with Crippen LogP contribution in [0.1, 0.15) is 41.4 Å². The van der Waals surface area contributed by atoms with Crippen molar-refractivity contribution in [3.63, 3.8) is 0 Å². The van der Waals surface area contributed by atoms with Gasteiger partial charge in [0.25, 0.3) is 5.91 Å². The second kappa shape index (κ2) is 13.2. The quantitative estimate of drug-likeness (QED) is 0.219. The van der Waals surface area contributed by atoms with E-state index in [0.29, 0.717) is 60.0 Å². The molecule has 7 heterocycles. The minimum Gasteiger partial charge on any atom is -0.495 e. The number of alkyl halides is 3. The minimum absolute atomic E-state index is 0.00150. The van der Waals surface area contributed by atoms with Crippen LogP contribution in [0.4, 0.5) is 36.3 Å². The molecule has 0 radical (unpaired) electrons. The molecular weight excluding hydrogens is 612 g/mol. The second-order valence-corrected chi connectivity index (χ2v) is 12.9. The van der Waals surface area contributed by atoms with Gasteiger partial charge in [-0.1, -0.05) is 13.0 Å². The number of rotatable bonds is 4. The molecule has 238 valence electrons. The number of nitrogens with zero attached hydrogens (tertiary/aromatic N) is 5. The van der Waals surface area contributed by atoms with E-state index in [9.17, 15) is 22.5 Å². The number of hydrogen-bond donors (Lipinski definition) is 3. The molecule has 0 unspecified atom stereocenters. The van der Waals surface area contributed by atoms with E-state index in [2.05, 4.69) is 36.0 Å². The fraction of sp³-hybridized carbons (Fsp3) is 0.345. The largest absolute Gasteiger partial charge is 0.495 e. The predicted molar refractivity (Wildman–Crippen MR) is 162 cm³/mol. The number of amides is 1. The number of carbonyl (C=O) groups is 1. The number of aryl methyl sites for hydroxylation is 1. The van der Waals surface area contributed by atoms with Crippen LogP contribution in [0.25, 0.3) is 11.3 Å². The number of nitrogens with one attached hydrogen (secondary N) is 3. The topological polar surface area (TPSA) is 145 Å². The lowest BCUT2D eigenvalue weighted by atomic mass is 10.1. The fourth-order valence-electron chi connectivity index (χ4n) is 4.83. The molecule has 1 atom stereocenters. The van der Waals surface area contributed by atoms with Crippen LogP contribution in [0.5, 0.6) is 5.75 Å². The van der Waals surface area contributed by atoms with Gasteiger partial charge in [0, 0.05) is 43.9 Å². The van der Waals surface area contributed by atoms with E-state index in [1.165, 1.54) is 20.2 Å². The standard InChI is InChI=1S/C29H32F3N8O4P/c1-4-12-45(42)17-18-6-7-22(24(13-18)43-3)38-28-34-15-20(29(30,31)32)26(39-28)37-23-9-8-21(36-25(23)27(41)33-2)19-14-35-40(16-19)10-5-11-44-45/h6-9,13-16H,4-5,10-12,17H2,1-3H3,(H,33,41)(H2,34,37,38,39)/t45-/m0/s1. The zero-order valence-electron chi connectivity index (χ0n) is 24.8. The van der Waals surface area contributed by atoms with Crippen LogP contribution >= 0.6 is 7.37 Å². The summed E-state index contributed by atoms with van der Waals surface area (Å²) >= 11 is 0. The third-order valence-corrected chi connectivity index (χ3v) is 9.60. The van der Waals surface area contributed by atoms with Gasteiger partial charge in [-0.15, -0.1) is 0 Å². The highest BCUT2D eigenvalue weighted by molar-refractivity contribution is 7.58. The maximum Gasteiger partial charge on any atom is 0.421 e. The first-order valence-electron chi connectivity index (χ1n) is 14.2. The van der Waals surface area contributed by atoms with Crippen molar-refractivity contribution in [2.45, 2.75) is 38.6 Å². The first-order chi connectivity index (χ1) is 21.5. The highest BCUT2D eigenvalue weighted by Gasteiger charge is 2.36. The van der Waals surface area contributed by atoms with E-state index in [-0.39, 0.29) is 30.1 Å². The molecule has 1 amide bonds. The summed E-state index contributed by atoms with van der Waals surface area (Å²) in [5.41, 5.74) is 0.753. The summed E-state index contributed by atoms with van der Waals surface area (Å²) in [6.07, 6.45) is 0.929. The smallest absolute Gasteiger partial charge is 0.421 e. The Morgan fingerprint density at radius 3 is 2.69 bits per heavy atom. The number of anilines is 4. The molecule has 12 nitrogen and oxygen atoms in total. The number of ether oxygens (including phenoxy) is 1. The van der Waals surface area contributed by atoms with Gasteiger partial charge in [-0.3, -0.25) is 14.0 Å². The monoisotopic (exact) mass is 644 g/mol. The van der Waals surface area contributed by atoms with E-state index >= 15 is 0 Å². The Labute approximate surface area is 257 Å². The van der Waals surface area contributed by atoms with Gasteiger partial charge in [-0.25, -0.2) is 9.97 Å². The van der Waals surface area contributed by atoms with E-state index in [1.54, 1.807) is 41.3 Å². The van der Waals surface area contributed by atoms with Crippen LogP contribution in [0.2, 0.25) is 0 Å². The van der Waals surface area contributed by atoms with E-state index in [4.69, 9.17) is 9.26 Å². The Hall–Kier alpha value is -4.49. The number of halogens is 3. The number of aromatic nitrogens is 5. The summed E-state index contributed by atoms with van der Waals surface area (Å²) in [5, 5.41) is 12.4. The molecule has 8 rings (SSSR count). The number of carbonyl (C=O) groups excluding carboxylic acids is 1. The zero-order valence-corrected chi connectivity index (χ0v) is 25.7. The molecule has 4 aliphatic rings. The summed E-state index contributed by atoms with van der Waals surface area (Å²) in [7, 11) is -0.220. The maximum absolute atomic E-state index is 14.0. The molecule has 0 saturated carbocycles. The van der Waals surface area contributed by atoms with E-state index in [0.717, 1.165) is 0 Å². The van der Waals surface area contributed by atoms with Crippen molar-refractivity contribution in [1.29, 1.82) is 0 Å². The molecule has 0 fully saturated rings. The average molecular weight is 645 g/mol. The van der Waals surface area contributed by atoms with Crippen LogP contribution in [0.3, 0.4) is 0 Å². The van der Waals surface area contributed by atoms with Gasteiger partial charge in [0.05, 0.1) is 37.0 Å². The summed E-state index contributed by atoms with van der Waals surface area (Å²) < 4.78 is 69.1. The Morgan fingerprint density at radius 2 is 1.96 bits per heavy atom. The van der Waals surface area contributed by atoms with Crippen LogP contribution in [-0.2, 0) is 28.0 Å². The van der Waals surface area contributed by atoms with Gasteiger partial charge < -0.3 is 25.2 Å². The number of pyridine rings is 1. The van der Waals surface area contributed by atoms with Crippen LogP contribution in [0.15, 0.2) is 48.9 Å². The Morgan fingerprint density at radius 1 is 1.16 bits per heavy atom. The molecule has 4 aliphatic heterocycles. The number of benzene rings is 1. The van der Waals surface area contributed by atoms with Crippen molar-refractivity contribution in [2.24, 2.45) is 0 Å². The lowest BCUT2D eigenvalue weighted by Gasteiger charge is -2.20. The molecule has 4 aromatic rings. The van der Waals surface area contributed by atoms with Crippen molar-refractivity contribution in [2.75, 3.05) is 37.6 Å². The highest BCUT2D eigenvalue weighted by Crippen LogP contribution is 2.51. The Bertz CT molecular complexity index is 1750. The third-order valence-electron chi connectivity index (χ3n) is 6.97. The lowest BCUT2D eigenvalue weighted by Crippen LogP contribution is -2.21. The number of hydrogen-bond acceptors (Lipinski definition) is 10. The lowest BCUT2D eigenvalue weighted by molar-refractivity contribution is -0.137. The van der Waals surface area contributed by atoms with Crippen molar-refractivity contribution in [1.82, 2.24) is 30.0 Å². The van der Waals surface area contributed by atoms with Gasteiger partial charge in [0.2, 0.25) is 13.3 Å². The first kappa shape index (κ1) is 31.9.